The summed E-state index contributed by atoms with van der Waals surface area (Å²) in [5.41, 5.74) is -4.36. The zero-order chi connectivity index (χ0) is 10.9. The van der Waals surface area contributed by atoms with E-state index in [1.54, 1.807) is 0 Å². The fraction of sp³-hybridized carbons (Fsp3) is 0.250. The van der Waals surface area contributed by atoms with Gasteiger partial charge in [0.1, 0.15) is 0 Å². The van der Waals surface area contributed by atoms with Gasteiger partial charge in [0.05, 0.1) is 4.90 Å². The predicted octanol–water partition coefficient (Wildman–Crippen LogP) is 3.89. The molecule has 0 saturated heterocycles. The molecule has 1 rings (SSSR count). The lowest BCUT2D eigenvalue weighted by Crippen LogP contribution is -2.01. The molecule has 1 aromatic rings. The van der Waals surface area contributed by atoms with E-state index in [2.05, 4.69) is 0 Å². The minimum Gasteiger partial charge on any atom is -0.204 e. The topological polar surface area (TPSA) is 0 Å². The van der Waals surface area contributed by atoms with E-state index in [0.717, 1.165) is 12.1 Å². The second-order valence-corrected chi connectivity index (χ2v) is 3.71. The molecular weight excluding hydrogens is 223 g/mol. The summed E-state index contributed by atoms with van der Waals surface area (Å²) >= 11 is -0.659. The Bertz CT molecular complexity index is 344. The summed E-state index contributed by atoms with van der Waals surface area (Å²) in [5.74, 6) is -2.73. The molecule has 0 aliphatic heterocycles. The number of thioether (sulfide) groups is 1. The first-order valence-corrected chi connectivity index (χ1v) is 4.32. The van der Waals surface area contributed by atoms with E-state index in [-0.39, 0.29) is 5.56 Å². The van der Waals surface area contributed by atoms with Gasteiger partial charge in [-0.15, -0.1) is 0 Å². The van der Waals surface area contributed by atoms with Gasteiger partial charge in [0.15, 0.2) is 11.6 Å². The summed E-state index contributed by atoms with van der Waals surface area (Å²) in [7, 11) is 0. The van der Waals surface area contributed by atoms with E-state index in [0.29, 0.717) is 0 Å². The molecule has 0 aromatic heterocycles. The molecule has 0 fully saturated rings. The second-order valence-electron chi connectivity index (χ2n) is 2.61. The highest BCUT2D eigenvalue weighted by Gasteiger charge is 2.31. The van der Waals surface area contributed by atoms with Crippen LogP contribution in [0.15, 0.2) is 17.0 Å². The Kier molecular flexibility index (Phi) is 3.04. The number of hydrogen-bond donors (Lipinski definition) is 0. The molecule has 6 heteroatoms. The van der Waals surface area contributed by atoms with Gasteiger partial charge in [-0.1, -0.05) is 0 Å². The van der Waals surface area contributed by atoms with Crippen molar-refractivity contribution in [2.75, 3.05) is 0 Å². The van der Waals surface area contributed by atoms with Crippen LogP contribution in [0, 0.1) is 18.6 Å². The fourth-order valence-corrected chi connectivity index (χ4v) is 1.57. The van der Waals surface area contributed by atoms with Gasteiger partial charge in [-0.2, -0.15) is 13.2 Å². The van der Waals surface area contributed by atoms with Crippen LogP contribution in [0.2, 0.25) is 0 Å². The average Bonchev–Trinajstić information content (AvgIpc) is 1.96. The molecule has 0 spiro atoms. The maximum absolute atomic E-state index is 12.8. The van der Waals surface area contributed by atoms with Crippen molar-refractivity contribution in [1.82, 2.24) is 0 Å². The van der Waals surface area contributed by atoms with E-state index >= 15 is 0 Å². The van der Waals surface area contributed by atoms with Crippen molar-refractivity contribution >= 4 is 11.8 Å². The maximum atomic E-state index is 12.8. The smallest absolute Gasteiger partial charge is 0.204 e. The summed E-state index contributed by atoms with van der Waals surface area (Å²) in [6.45, 7) is 1.39. The molecule has 0 N–H and O–H groups in total. The Labute approximate surface area is 81.1 Å². The van der Waals surface area contributed by atoms with Gasteiger partial charge in [-0.3, -0.25) is 0 Å². The fourth-order valence-electron chi connectivity index (χ4n) is 0.892. The molecular formula is C8H5F5S. The van der Waals surface area contributed by atoms with Gasteiger partial charge in [-0.05, 0) is 36.4 Å². The Morgan fingerprint density at radius 2 is 1.71 bits per heavy atom. The van der Waals surface area contributed by atoms with Crippen LogP contribution in [0.5, 0.6) is 0 Å². The molecule has 1 aromatic carbocycles. The van der Waals surface area contributed by atoms with Crippen LogP contribution in [0.25, 0.3) is 0 Å². The zero-order valence-corrected chi connectivity index (χ0v) is 7.77. The third-order valence-corrected chi connectivity index (χ3v) is 2.11. The number of rotatable bonds is 1. The summed E-state index contributed by atoms with van der Waals surface area (Å²) in [6, 6.07) is 1.80. The average molecular weight is 228 g/mol. The molecule has 78 valence electrons. The molecule has 0 unspecified atom stereocenters. The van der Waals surface area contributed by atoms with Crippen LogP contribution in [0.4, 0.5) is 22.0 Å². The van der Waals surface area contributed by atoms with Gasteiger partial charge in [0.2, 0.25) is 0 Å². The van der Waals surface area contributed by atoms with Crippen molar-refractivity contribution in [3.8, 4) is 0 Å². The summed E-state index contributed by atoms with van der Waals surface area (Å²) in [4.78, 5) is -0.741. The molecule has 0 bridgehead atoms. The lowest BCUT2D eigenvalue weighted by Gasteiger charge is -2.07. The standard InChI is InChI=1S/C8H5F5S/c1-4-2-5(9)7(10)6(3-4)14-8(11,12)13/h2-3H,1H3. The summed E-state index contributed by atoms with van der Waals surface area (Å²) < 4.78 is 61.1. The Balaban J connectivity index is 3.09. The Morgan fingerprint density at radius 3 is 2.21 bits per heavy atom. The molecule has 0 saturated carbocycles. The van der Waals surface area contributed by atoms with Crippen LogP contribution in [0.1, 0.15) is 5.56 Å². The van der Waals surface area contributed by atoms with Crippen molar-refractivity contribution in [2.24, 2.45) is 0 Å². The largest absolute Gasteiger partial charge is 0.446 e. The maximum Gasteiger partial charge on any atom is 0.446 e. The van der Waals surface area contributed by atoms with E-state index in [4.69, 9.17) is 0 Å². The SMILES string of the molecule is Cc1cc(F)c(F)c(SC(F)(F)F)c1. The first-order chi connectivity index (χ1) is 6.29. The van der Waals surface area contributed by atoms with Gasteiger partial charge >= 0.3 is 5.51 Å². The molecule has 0 radical (unpaired) electrons. The highest BCUT2D eigenvalue weighted by atomic mass is 32.2. The van der Waals surface area contributed by atoms with Crippen molar-refractivity contribution in [3.63, 3.8) is 0 Å². The zero-order valence-electron chi connectivity index (χ0n) is 6.95. The minimum absolute atomic E-state index is 0.246. The molecule has 0 nitrogen and oxygen atoms in total. The highest BCUT2D eigenvalue weighted by Crippen LogP contribution is 2.38. The van der Waals surface area contributed by atoms with E-state index < -0.39 is 33.8 Å². The van der Waals surface area contributed by atoms with Crippen LogP contribution >= 0.6 is 11.8 Å². The molecule has 0 amide bonds. The van der Waals surface area contributed by atoms with Gasteiger partial charge in [-0.25, -0.2) is 8.78 Å². The highest BCUT2D eigenvalue weighted by molar-refractivity contribution is 8.00. The second kappa shape index (κ2) is 3.76. The lowest BCUT2D eigenvalue weighted by atomic mass is 10.2. The van der Waals surface area contributed by atoms with Gasteiger partial charge in [0.25, 0.3) is 0 Å². The third kappa shape index (κ3) is 2.87. The summed E-state index contributed by atoms with van der Waals surface area (Å²) in [5, 5.41) is 0. The molecule has 0 aliphatic rings. The first kappa shape index (κ1) is 11.3. The van der Waals surface area contributed by atoms with Crippen molar-refractivity contribution in [2.45, 2.75) is 17.3 Å². The molecule has 0 heterocycles. The first-order valence-electron chi connectivity index (χ1n) is 3.51. The Hall–Kier alpha value is -0.780. The van der Waals surface area contributed by atoms with E-state index in [1.807, 2.05) is 0 Å². The van der Waals surface area contributed by atoms with Crippen molar-refractivity contribution in [3.05, 3.63) is 29.3 Å². The van der Waals surface area contributed by atoms with E-state index in [9.17, 15) is 22.0 Å². The molecule has 0 atom stereocenters. The monoisotopic (exact) mass is 228 g/mol. The predicted molar refractivity (Wildman–Crippen MR) is 43.0 cm³/mol. The number of aryl methyl sites for hydroxylation is 1. The summed E-state index contributed by atoms with van der Waals surface area (Å²) in [6.07, 6.45) is 0. The third-order valence-electron chi connectivity index (χ3n) is 1.36. The number of hydrogen-bond acceptors (Lipinski definition) is 1. The van der Waals surface area contributed by atoms with Crippen LogP contribution < -0.4 is 0 Å². The van der Waals surface area contributed by atoms with Crippen molar-refractivity contribution in [1.29, 1.82) is 0 Å². The number of halogens is 5. The quantitative estimate of drug-likeness (QED) is 0.519. The van der Waals surface area contributed by atoms with Crippen LogP contribution in [-0.2, 0) is 0 Å². The van der Waals surface area contributed by atoms with Crippen LogP contribution in [-0.4, -0.2) is 5.51 Å². The van der Waals surface area contributed by atoms with Gasteiger partial charge in [0, 0.05) is 0 Å². The molecule has 14 heavy (non-hydrogen) atoms. The van der Waals surface area contributed by atoms with Gasteiger partial charge < -0.3 is 0 Å². The Morgan fingerprint density at radius 1 is 1.14 bits per heavy atom. The number of benzene rings is 1. The molecule has 0 aliphatic carbocycles. The van der Waals surface area contributed by atoms with Crippen LogP contribution in [0.3, 0.4) is 0 Å². The van der Waals surface area contributed by atoms with Crippen molar-refractivity contribution < 1.29 is 22.0 Å². The number of alkyl halides is 3. The normalized spacial score (nSPS) is 11.9. The minimum atomic E-state index is -4.61. The lowest BCUT2D eigenvalue weighted by molar-refractivity contribution is -0.0329. The van der Waals surface area contributed by atoms with E-state index in [1.165, 1.54) is 6.92 Å².